The maximum Gasteiger partial charge on any atom is 0.149 e. The van der Waals surface area contributed by atoms with Crippen LogP contribution >= 0.6 is 0 Å². The number of aromatic amines is 1. The van der Waals surface area contributed by atoms with Crippen LogP contribution in [0.4, 0.5) is 0 Å². The topological polar surface area (TPSA) is 62.3 Å². The van der Waals surface area contributed by atoms with Gasteiger partial charge in [-0.3, -0.25) is 14.6 Å². The van der Waals surface area contributed by atoms with Crippen LogP contribution in [-0.4, -0.2) is 28.8 Å². The second kappa shape index (κ2) is 8.43. The molecule has 26 heavy (non-hydrogen) atoms. The highest BCUT2D eigenvalue weighted by Gasteiger charge is 2.33. The lowest BCUT2D eigenvalue weighted by Gasteiger charge is -2.21. The van der Waals surface area contributed by atoms with Gasteiger partial charge in [0.2, 0.25) is 0 Å². The van der Waals surface area contributed by atoms with E-state index in [1.807, 2.05) is 6.07 Å². The number of hydrogen-bond acceptors (Lipinski definition) is 3. The molecule has 1 saturated carbocycles. The van der Waals surface area contributed by atoms with Gasteiger partial charge in [0.1, 0.15) is 17.5 Å². The highest BCUT2D eigenvalue weighted by molar-refractivity contribution is 6.22. The van der Waals surface area contributed by atoms with Crippen molar-refractivity contribution in [1.29, 1.82) is 0 Å². The highest BCUT2D eigenvalue weighted by atomic mass is 16.2. The number of Topliss-reactive ketones (excluding diaryl/α,β-unsaturated/α-hetero) is 2. The Morgan fingerprint density at radius 3 is 2.65 bits per heavy atom. The van der Waals surface area contributed by atoms with Crippen molar-refractivity contribution in [2.45, 2.75) is 58.8 Å². The number of ketones is 2. The number of hydrogen-bond donors (Lipinski definition) is 1. The normalized spacial score (nSPS) is 16.6. The lowest BCUT2D eigenvalue weighted by atomic mass is 9.82. The first-order valence-electron chi connectivity index (χ1n) is 9.76. The van der Waals surface area contributed by atoms with Gasteiger partial charge in [-0.25, -0.2) is 0 Å². The Morgan fingerprint density at radius 2 is 1.92 bits per heavy atom. The van der Waals surface area contributed by atoms with Crippen molar-refractivity contribution in [2.24, 2.45) is 10.9 Å². The number of unbranched alkanes of at least 4 members (excludes halogenated alkanes) is 1. The summed E-state index contributed by atoms with van der Waals surface area (Å²) in [5, 5.41) is 1.24. The number of aromatic nitrogens is 1. The highest BCUT2D eigenvalue weighted by Crippen LogP contribution is 2.24. The molecule has 4 heteroatoms. The third kappa shape index (κ3) is 3.95. The SMILES string of the molecule is CCCCC(=NCCc1c(C)[nH]c2ccccc12)C1C(=O)CCCC1=O. The minimum Gasteiger partial charge on any atom is -0.358 e. The quantitative estimate of drug-likeness (QED) is 0.585. The van der Waals surface area contributed by atoms with E-state index in [1.165, 1.54) is 16.6 Å². The third-order valence-corrected chi connectivity index (χ3v) is 5.31. The molecule has 0 aliphatic heterocycles. The van der Waals surface area contributed by atoms with Gasteiger partial charge in [0.15, 0.2) is 0 Å². The van der Waals surface area contributed by atoms with Crippen LogP contribution in [-0.2, 0) is 16.0 Å². The zero-order valence-electron chi connectivity index (χ0n) is 15.8. The Bertz CT molecular complexity index is 816. The van der Waals surface area contributed by atoms with E-state index in [0.717, 1.165) is 36.9 Å². The molecular weight excluding hydrogens is 324 g/mol. The van der Waals surface area contributed by atoms with Gasteiger partial charge in [0, 0.05) is 41.7 Å². The fraction of sp³-hybridized carbons (Fsp3) is 0.500. The molecule has 1 fully saturated rings. The molecule has 0 saturated heterocycles. The molecule has 4 nitrogen and oxygen atoms in total. The van der Waals surface area contributed by atoms with Crippen LogP contribution in [0.5, 0.6) is 0 Å². The number of rotatable bonds is 7. The molecule has 2 aromatic rings. The van der Waals surface area contributed by atoms with Crippen LogP contribution in [0.15, 0.2) is 29.3 Å². The fourth-order valence-corrected chi connectivity index (χ4v) is 3.92. The second-order valence-corrected chi connectivity index (χ2v) is 7.22. The standard InChI is InChI=1S/C22H28N2O2/c1-3-4-9-19(22-20(25)11-7-12-21(22)26)23-14-13-16-15(2)24-18-10-6-5-8-17(16)18/h5-6,8,10,22,24H,3-4,7,9,11-14H2,1-2H3. The van der Waals surface area contributed by atoms with Crippen molar-refractivity contribution < 1.29 is 9.59 Å². The van der Waals surface area contributed by atoms with Gasteiger partial charge >= 0.3 is 0 Å². The summed E-state index contributed by atoms with van der Waals surface area (Å²) in [6.45, 7) is 4.83. The molecule has 1 aliphatic rings. The molecule has 1 heterocycles. The van der Waals surface area contributed by atoms with Gasteiger partial charge in [0.25, 0.3) is 0 Å². The lowest BCUT2D eigenvalue weighted by molar-refractivity contribution is -0.132. The number of H-pyrrole nitrogens is 1. The molecule has 0 spiro atoms. The van der Waals surface area contributed by atoms with Crippen molar-refractivity contribution in [1.82, 2.24) is 4.98 Å². The fourth-order valence-electron chi connectivity index (χ4n) is 3.92. The number of aryl methyl sites for hydroxylation is 1. The van der Waals surface area contributed by atoms with Crippen LogP contribution in [0, 0.1) is 12.8 Å². The zero-order chi connectivity index (χ0) is 18.5. The van der Waals surface area contributed by atoms with E-state index in [4.69, 9.17) is 4.99 Å². The maximum atomic E-state index is 12.3. The average Bonchev–Trinajstić information content (AvgIpc) is 2.94. The first-order valence-corrected chi connectivity index (χ1v) is 9.76. The molecule has 0 unspecified atom stereocenters. The molecule has 1 aromatic heterocycles. The summed E-state index contributed by atoms with van der Waals surface area (Å²) in [6.07, 6.45) is 5.32. The van der Waals surface area contributed by atoms with Crippen molar-refractivity contribution in [2.75, 3.05) is 6.54 Å². The molecular formula is C22H28N2O2. The maximum absolute atomic E-state index is 12.3. The number of aliphatic imine (C=N–C) groups is 1. The van der Waals surface area contributed by atoms with Crippen molar-refractivity contribution >= 4 is 28.2 Å². The van der Waals surface area contributed by atoms with Crippen LogP contribution in [0.2, 0.25) is 0 Å². The molecule has 3 rings (SSSR count). The minimum atomic E-state index is -0.570. The van der Waals surface area contributed by atoms with Crippen molar-refractivity contribution in [3.8, 4) is 0 Å². The van der Waals surface area contributed by atoms with E-state index < -0.39 is 5.92 Å². The smallest absolute Gasteiger partial charge is 0.149 e. The molecule has 138 valence electrons. The van der Waals surface area contributed by atoms with E-state index in [9.17, 15) is 9.59 Å². The number of para-hydroxylation sites is 1. The summed E-state index contributed by atoms with van der Waals surface area (Å²) in [5.41, 5.74) is 4.41. The summed E-state index contributed by atoms with van der Waals surface area (Å²) in [4.78, 5) is 32.8. The number of carbonyl (C=O) groups excluding carboxylic acids is 2. The van der Waals surface area contributed by atoms with Gasteiger partial charge in [-0.2, -0.15) is 0 Å². The summed E-state index contributed by atoms with van der Waals surface area (Å²) in [6, 6.07) is 8.29. The van der Waals surface area contributed by atoms with E-state index in [1.54, 1.807) is 0 Å². The van der Waals surface area contributed by atoms with Crippen LogP contribution < -0.4 is 0 Å². The Labute approximate surface area is 155 Å². The van der Waals surface area contributed by atoms with Gasteiger partial charge < -0.3 is 4.98 Å². The predicted octanol–water partition coefficient (Wildman–Crippen LogP) is 4.59. The Hall–Kier alpha value is -2.23. The van der Waals surface area contributed by atoms with Gasteiger partial charge in [-0.05, 0) is 44.2 Å². The van der Waals surface area contributed by atoms with Gasteiger partial charge in [-0.1, -0.05) is 31.5 Å². The van der Waals surface area contributed by atoms with E-state index in [0.29, 0.717) is 25.8 Å². The summed E-state index contributed by atoms with van der Waals surface area (Å²) >= 11 is 0. The van der Waals surface area contributed by atoms with Crippen LogP contribution in [0.25, 0.3) is 10.9 Å². The third-order valence-electron chi connectivity index (χ3n) is 5.31. The predicted molar refractivity (Wildman–Crippen MR) is 106 cm³/mol. The summed E-state index contributed by atoms with van der Waals surface area (Å²) < 4.78 is 0. The Kier molecular flexibility index (Phi) is 6.02. The zero-order valence-corrected chi connectivity index (χ0v) is 15.8. The molecule has 1 aliphatic carbocycles. The summed E-state index contributed by atoms with van der Waals surface area (Å²) in [5.74, 6) is -0.432. The second-order valence-electron chi connectivity index (χ2n) is 7.22. The molecule has 0 bridgehead atoms. The first-order chi connectivity index (χ1) is 12.6. The molecule has 0 amide bonds. The minimum absolute atomic E-state index is 0.0689. The van der Waals surface area contributed by atoms with Gasteiger partial charge in [-0.15, -0.1) is 0 Å². The number of benzene rings is 1. The molecule has 0 radical (unpaired) electrons. The van der Waals surface area contributed by atoms with Crippen LogP contribution in [0.1, 0.15) is 56.7 Å². The number of nitrogens with zero attached hydrogens (tertiary/aromatic N) is 1. The monoisotopic (exact) mass is 352 g/mol. The first kappa shape index (κ1) is 18.6. The Morgan fingerprint density at radius 1 is 1.19 bits per heavy atom. The van der Waals surface area contributed by atoms with E-state index in [-0.39, 0.29) is 11.6 Å². The number of nitrogens with one attached hydrogen (secondary N) is 1. The molecule has 1 N–H and O–H groups in total. The molecule has 1 aromatic carbocycles. The van der Waals surface area contributed by atoms with Crippen molar-refractivity contribution in [3.05, 3.63) is 35.5 Å². The lowest BCUT2D eigenvalue weighted by Crippen LogP contribution is -2.35. The molecule has 0 atom stereocenters. The number of fused-ring (bicyclic) bond motifs is 1. The van der Waals surface area contributed by atoms with E-state index >= 15 is 0 Å². The summed E-state index contributed by atoms with van der Waals surface area (Å²) in [7, 11) is 0. The number of carbonyl (C=O) groups is 2. The Balaban J connectivity index is 1.78. The van der Waals surface area contributed by atoms with E-state index in [2.05, 4.69) is 37.0 Å². The largest absolute Gasteiger partial charge is 0.358 e. The average molecular weight is 352 g/mol. The van der Waals surface area contributed by atoms with Crippen LogP contribution in [0.3, 0.4) is 0 Å². The van der Waals surface area contributed by atoms with Gasteiger partial charge in [0.05, 0.1) is 0 Å². The van der Waals surface area contributed by atoms with Crippen molar-refractivity contribution in [3.63, 3.8) is 0 Å².